The largest absolute Gasteiger partial charge is 0.382 e. The fourth-order valence-corrected chi connectivity index (χ4v) is 5.41. The van der Waals surface area contributed by atoms with Gasteiger partial charge in [0.25, 0.3) is 0 Å². The second kappa shape index (κ2) is 9.54. The van der Waals surface area contributed by atoms with E-state index in [1.54, 1.807) is 30.6 Å². The van der Waals surface area contributed by atoms with Crippen LogP contribution in [0.4, 0.5) is 5.82 Å². The van der Waals surface area contributed by atoms with E-state index >= 15 is 0 Å². The van der Waals surface area contributed by atoms with Gasteiger partial charge in [-0.15, -0.1) is 0 Å². The van der Waals surface area contributed by atoms with Crippen molar-refractivity contribution in [1.29, 1.82) is 0 Å². The standard InChI is InChI=1S/C24H30N6O2S/c1-4-30-11-5-6-19(30)14-28-33(31,32)20-8-7-16(2)21(13-20)22-15-27-24(25)23(29-22)18-9-10-26-17(3)12-18/h7-10,12-13,15,19,28H,4-6,11,14H2,1-3H3,(H2,25,27). The smallest absolute Gasteiger partial charge is 0.240 e. The van der Waals surface area contributed by atoms with Crippen LogP contribution >= 0.6 is 0 Å². The molecule has 0 amide bonds. The quantitative estimate of drug-likeness (QED) is 0.550. The van der Waals surface area contributed by atoms with Gasteiger partial charge in [0.2, 0.25) is 10.0 Å². The molecule has 1 aliphatic heterocycles. The summed E-state index contributed by atoms with van der Waals surface area (Å²) in [5.41, 5.74) is 10.5. The third kappa shape index (κ3) is 5.05. The Morgan fingerprint density at radius 2 is 2.00 bits per heavy atom. The number of likely N-dealkylation sites (tertiary alicyclic amines) is 1. The highest BCUT2D eigenvalue weighted by atomic mass is 32.2. The molecule has 1 aromatic carbocycles. The number of sulfonamides is 1. The molecule has 0 radical (unpaired) electrons. The van der Waals surface area contributed by atoms with Gasteiger partial charge in [-0.05, 0) is 69.6 Å². The van der Waals surface area contributed by atoms with Crippen molar-refractivity contribution >= 4 is 15.8 Å². The first-order valence-corrected chi connectivity index (χ1v) is 12.7. The Hall–Kier alpha value is -2.88. The summed E-state index contributed by atoms with van der Waals surface area (Å²) in [6.45, 7) is 8.28. The molecule has 174 valence electrons. The van der Waals surface area contributed by atoms with Gasteiger partial charge in [0.05, 0.1) is 16.8 Å². The highest BCUT2D eigenvalue weighted by Gasteiger charge is 2.25. The molecule has 0 spiro atoms. The predicted molar refractivity (Wildman–Crippen MR) is 130 cm³/mol. The molecule has 1 unspecified atom stereocenters. The van der Waals surface area contributed by atoms with E-state index in [0.717, 1.165) is 42.8 Å². The lowest BCUT2D eigenvalue weighted by atomic mass is 10.1. The lowest BCUT2D eigenvalue weighted by molar-refractivity contribution is 0.268. The minimum atomic E-state index is -3.66. The first-order chi connectivity index (χ1) is 15.8. The zero-order valence-electron chi connectivity index (χ0n) is 19.2. The number of pyridine rings is 1. The van der Waals surface area contributed by atoms with Gasteiger partial charge in [0.1, 0.15) is 11.5 Å². The van der Waals surface area contributed by atoms with Crippen LogP contribution in [0.2, 0.25) is 0 Å². The summed E-state index contributed by atoms with van der Waals surface area (Å²) in [6.07, 6.45) is 5.39. The zero-order chi connectivity index (χ0) is 23.6. The molecule has 3 aromatic rings. The highest BCUT2D eigenvalue weighted by molar-refractivity contribution is 7.89. The number of likely N-dealkylation sites (N-methyl/N-ethyl adjacent to an activating group) is 1. The van der Waals surface area contributed by atoms with E-state index in [2.05, 4.69) is 26.5 Å². The molecular formula is C24H30N6O2S. The number of benzene rings is 1. The third-order valence-corrected chi connectivity index (χ3v) is 7.60. The number of aromatic nitrogens is 3. The fraction of sp³-hybridized carbons (Fsp3) is 0.375. The molecule has 9 heteroatoms. The molecule has 1 saturated heterocycles. The summed E-state index contributed by atoms with van der Waals surface area (Å²) >= 11 is 0. The molecule has 8 nitrogen and oxygen atoms in total. The van der Waals surface area contributed by atoms with E-state index in [1.165, 1.54) is 0 Å². The van der Waals surface area contributed by atoms with Crippen LogP contribution in [0.5, 0.6) is 0 Å². The van der Waals surface area contributed by atoms with Crippen LogP contribution in [-0.2, 0) is 10.0 Å². The maximum atomic E-state index is 13.1. The Labute approximate surface area is 195 Å². The number of nitrogens with one attached hydrogen (secondary N) is 1. The van der Waals surface area contributed by atoms with Gasteiger partial charge in [-0.25, -0.2) is 23.1 Å². The Bertz CT molecular complexity index is 1260. The van der Waals surface area contributed by atoms with Crippen molar-refractivity contribution < 1.29 is 8.42 Å². The third-order valence-electron chi connectivity index (χ3n) is 6.18. The minimum Gasteiger partial charge on any atom is -0.382 e. The molecule has 3 heterocycles. The van der Waals surface area contributed by atoms with E-state index in [1.807, 2.05) is 26.0 Å². The van der Waals surface area contributed by atoms with Gasteiger partial charge in [-0.1, -0.05) is 13.0 Å². The fourth-order valence-electron chi connectivity index (χ4n) is 4.31. The van der Waals surface area contributed by atoms with Crippen LogP contribution in [-0.4, -0.2) is 53.9 Å². The lowest BCUT2D eigenvalue weighted by Crippen LogP contribution is -2.40. The Morgan fingerprint density at radius 1 is 1.18 bits per heavy atom. The van der Waals surface area contributed by atoms with Gasteiger partial charge < -0.3 is 5.73 Å². The van der Waals surface area contributed by atoms with E-state index in [-0.39, 0.29) is 10.9 Å². The number of hydrogen-bond acceptors (Lipinski definition) is 7. The molecule has 0 saturated carbocycles. The van der Waals surface area contributed by atoms with Crippen LogP contribution < -0.4 is 10.5 Å². The van der Waals surface area contributed by atoms with Crippen LogP contribution in [0.25, 0.3) is 22.5 Å². The summed E-state index contributed by atoms with van der Waals surface area (Å²) in [4.78, 5) is 15.8. The predicted octanol–water partition coefficient (Wildman–Crippen LogP) is 3.17. The molecular weight excluding hydrogens is 436 g/mol. The van der Waals surface area contributed by atoms with Crippen molar-refractivity contribution in [1.82, 2.24) is 24.6 Å². The molecule has 33 heavy (non-hydrogen) atoms. The number of aryl methyl sites for hydroxylation is 2. The van der Waals surface area contributed by atoms with Crippen molar-refractivity contribution in [3.05, 3.63) is 54.0 Å². The molecule has 0 bridgehead atoms. The number of anilines is 1. The average molecular weight is 467 g/mol. The number of hydrogen-bond donors (Lipinski definition) is 2. The summed E-state index contributed by atoms with van der Waals surface area (Å²) in [5.74, 6) is 0.310. The van der Waals surface area contributed by atoms with Gasteiger partial charge >= 0.3 is 0 Å². The molecule has 2 aromatic heterocycles. The van der Waals surface area contributed by atoms with E-state index < -0.39 is 10.0 Å². The van der Waals surface area contributed by atoms with Crippen LogP contribution in [0, 0.1) is 13.8 Å². The number of nitrogen functional groups attached to an aromatic ring is 1. The Balaban J connectivity index is 1.64. The SMILES string of the molecule is CCN1CCCC1CNS(=O)(=O)c1ccc(C)c(-c2cnc(N)c(-c3ccnc(C)c3)n2)c1. The van der Waals surface area contributed by atoms with Gasteiger partial charge in [0, 0.05) is 35.6 Å². The lowest BCUT2D eigenvalue weighted by Gasteiger charge is -2.23. The number of nitrogens with two attached hydrogens (primary N) is 1. The van der Waals surface area contributed by atoms with Gasteiger partial charge in [0.15, 0.2) is 0 Å². The van der Waals surface area contributed by atoms with Gasteiger partial charge in [-0.2, -0.15) is 0 Å². The Kier molecular flexibility index (Phi) is 6.73. The number of nitrogens with zero attached hydrogens (tertiary/aromatic N) is 4. The summed E-state index contributed by atoms with van der Waals surface area (Å²) in [6, 6.07) is 9.05. The maximum absolute atomic E-state index is 13.1. The number of rotatable bonds is 7. The first-order valence-electron chi connectivity index (χ1n) is 11.2. The molecule has 1 fully saturated rings. The van der Waals surface area contributed by atoms with Crippen molar-refractivity contribution in [2.45, 2.75) is 44.6 Å². The van der Waals surface area contributed by atoms with Crippen molar-refractivity contribution in [3.63, 3.8) is 0 Å². The summed E-state index contributed by atoms with van der Waals surface area (Å²) in [5, 5.41) is 0. The Morgan fingerprint density at radius 3 is 2.76 bits per heavy atom. The van der Waals surface area contributed by atoms with Crippen molar-refractivity contribution in [2.24, 2.45) is 0 Å². The van der Waals surface area contributed by atoms with Crippen LogP contribution in [0.15, 0.2) is 47.6 Å². The topological polar surface area (TPSA) is 114 Å². The minimum absolute atomic E-state index is 0.212. The average Bonchev–Trinajstić information content (AvgIpc) is 3.26. The molecule has 3 N–H and O–H groups in total. The zero-order valence-corrected chi connectivity index (χ0v) is 20.1. The maximum Gasteiger partial charge on any atom is 0.240 e. The second-order valence-corrected chi connectivity index (χ2v) is 10.2. The van der Waals surface area contributed by atoms with E-state index in [9.17, 15) is 8.42 Å². The van der Waals surface area contributed by atoms with Crippen molar-refractivity contribution in [2.75, 3.05) is 25.4 Å². The summed E-state index contributed by atoms with van der Waals surface area (Å²) in [7, 11) is -3.66. The van der Waals surface area contributed by atoms with E-state index in [4.69, 9.17) is 10.7 Å². The van der Waals surface area contributed by atoms with Crippen molar-refractivity contribution in [3.8, 4) is 22.5 Å². The van der Waals surface area contributed by atoms with Crippen LogP contribution in [0.1, 0.15) is 31.0 Å². The molecule has 4 rings (SSSR count). The monoisotopic (exact) mass is 466 g/mol. The molecule has 1 atom stereocenters. The summed E-state index contributed by atoms with van der Waals surface area (Å²) < 4.78 is 28.9. The van der Waals surface area contributed by atoms with Crippen LogP contribution in [0.3, 0.4) is 0 Å². The molecule has 0 aliphatic carbocycles. The molecule has 1 aliphatic rings. The normalized spacial score (nSPS) is 16.9. The van der Waals surface area contributed by atoms with Gasteiger partial charge in [-0.3, -0.25) is 9.88 Å². The second-order valence-electron chi connectivity index (χ2n) is 8.43. The van der Waals surface area contributed by atoms with E-state index in [0.29, 0.717) is 29.3 Å². The first kappa shape index (κ1) is 23.3. The highest BCUT2D eigenvalue weighted by Crippen LogP contribution is 2.29.